The second kappa shape index (κ2) is 9.61. The molecule has 150 valence electrons. The van der Waals surface area contributed by atoms with Gasteiger partial charge in [0.15, 0.2) is 0 Å². The normalized spacial score (nSPS) is 11.5. The maximum Gasteiger partial charge on any atom is 0.221 e. The van der Waals surface area contributed by atoms with Gasteiger partial charge in [-0.15, -0.1) is 0 Å². The Morgan fingerprint density at radius 1 is 1.21 bits per heavy atom. The molecule has 0 spiro atoms. The van der Waals surface area contributed by atoms with Crippen molar-refractivity contribution < 1.29 is 9.53 Å². The number of anilines is 3. The second-order valence-corrected chi connectivity index (χ2v) is 8.01. The van der Waals surface area contributed by atoms with Gasteiger partial charge in [0, 0.05) is 50.6 Å². The molecule has 2 rings (SSSR count). The Labute approximate surface area is 171 Å². The van der Waals surface area contributed by atoms with Gasteiger partial charge in [-0.25, -0.2) is 0 Å². The van der Waals surface area contributed by atoms with Gasteiger partial charge in [-0.05, 0) is 68.3 Å². The van der Waals surface area contributed by atoms with E-state index in [1.165, 1.54) is 6.92 Å². The summed E-state index contributed by atoms with van der Waals surface area (Å²) in [4.78, 5) is 16.8. The van der Waals surface area contributed by atoms with Crippen LogP contribution in [0.4, 0.5) is 22.7 Å². The van der Waals surface area contributed by atoms with Crippen LogP contribution in [-0.4, -0.2) is 38.9 Å². The van der Waals surface area contributed by atoms with Crippen molar-refractivity contribution >= 4 is 46.8 Å². The molecular weight excluding hydrogens is 372 g/mol. The number of nitrogens with zero attached hydrogens (tertiary/aromatic N) is 2. The summed E-state index contributed by atoms with van der Waals surface area (Å²) in [5.74, 6) is -0.0770. The summed E-state index contributed by atoms with van der Waals surface area (Å²) in [5.41, 5.74) is 3.17. The standard InChI is InChI=1S/C21H28N4O2S/c1-15(26)24-16-7-10-18(11-8-16)28-25(5)17-9-12-19(22-4)20(13-17)23-14-21(2,3)27-6/h7-14,22H,1-6H3,(H,24,26). The van der Waals surface area contributed by atoms with E-state index in [9.17, 15) is 4.79 Å². The van der Waals surface area contributed by atoms with Gasteiger partial charge in [0.1, 0.15) is 0 Å². The summed E-state index contributed by atoms with van der Waals surface area (Å²) in [5, 5.41) is 5.95. The number of hydrogen-bond acceptors (Lipinski definition) is 6. The van der Waals surface area contributed by atoms with Crippen molar-refractivity contribution in [3.63, 3.8) is 0 Å². The molecular formula is C21H28N4O2S. The molecule has 7 heteroatoms. The molecule has 0 fully saturated rings. The first-order chi connectivity index (χ1) is 13.2. The fraction of sp³-hybridized carbons (Fsp3) is 0.333. The smallest absolute Gasteiger partial charge is 0.221 e. The molecule has 0 radical (unpaired) electrons. The van der Waals surface area contributed by atoms with Crippen molar-refractivity contribution in [2.75, 3.05) is 36.1 Å². The number of methoxy groups -OCH3 is 1. The lowest BCUT2D eigenvalue weighted by Crippen LogP contribution is -2.23. The molecule has 2 aromatic carbocycles. The van der Waals surface area contributed by atoms with Crippen LogP contribution in [-0.2, 0) is 9.53 Å². The van der Waals surface area contributed by atoms with E-state index in [1.807, 2.05) is 70.4 Å². The highest BCUT2D eigenvalue weighted by atomic mass is 32.2. The molecule has 0 saturated carbocycles. The van der Waals surface area contributed by atoms with Crippen molar-refractivity contribution in [1.29, 1.82) is 0 Å². The van der Waals surface area contributed by atoms with E-state index in [4.69, 9.17) is 4.74 Å². The first-order valence-electron chi connectivity index (χ1n) is 8.95. The van der Waals surface area contributed by atoms with Gasteiger partial charge in [-0.2, -0.15) is 0 Å². The van der Waals surface area contributed by atoms with Crippen LogP contribution in [0.2, 0.25) is 0 Å². The van der Waals surface area contributed by atoms with Crippen LogP contribution in [0, 0.1) is 0 Å². The van der Waals surface area contributed by atoms with Crippen LogP contribution < -0.4 is 14.9 Å². The van der Waals surface area contributed by atoms with E-state index in [0.29, 0.717) is 0 Å². The van der Waals surface area contributed by atoms with Crippen molar-refractivity contribution in [3.05, 3.63) is 42.5 Å². The molecule has 0 atom stereocenters. The summed E-state index contributed by atoms with van der Waals surface area (Å²) in [6.07, 6.45) is 1.81. The first-order valence-corrected chi connectivity index (χ1v) is 9.73. The highest BCUT2D eigenvalue weighted by Gasteiger charge is 2.13. The lowest BCUT2D eigenvalue weighted by Gasteiger charge is -2.20. The highest BCUT2D eigenvalue weighted by molar-refractivity contribution is 8.00. The average Bonchev–Trinajstić information content (AvgIpc) is 2.67. The van der Waals surface area contributed by atoms with Crippen LogP contribution in [0.25, 0.3) is 0 Å². The topological polar surface area (TPSA) is 66.0 Å². The quantitative estimate of drug-likeness (QED) is 0.484. The Morgan fingerprint density at radius 2 is 1.89 bits per heavy atom. The monoisotopic (exact) mass is 400 g/mol. The number of aliphatic imine (C=N–C) groups is 1. The molecule has 0 heterocycles. The number of ether oxygens (including phenoxy) is 1. The lowest BCUT2D eigenvalue weighted by atomic mass is 10.1. The zero-order chi connectivity index (χ0) is 20.7. The predicted octanol–water partition coefficient (Wildman–Crippen LogP) is 4.96. The number of amides is 1. The lowest BCUT2D eigenvalue weighted by molar-refractivity contribution is -0.114. The largest absolute Gasteiger partial charge is 0.386 e. The Balaban J connectivity index is 2.17. The summed E-state index contributed by atoms with van der Waals surface area (Å²) in [6, 6.07) is 13.8. The molecule has 6 nitrogen and oxygen atoms in total. The minimum Gasteiger partial charge on any atom is -0.386 e. The van der Waals surface area contributed by atoms with Gasteiger partial charge in [-0.3, -0.25) is 9.79 Å². The number of nitrogens with one attached hydrogen (secondary N) is 2. The molecule has 0 aromatic heterocycles. The number of hydrogen-bond donors (Lipinski definition) is 2. The van der Waals surface area contributed by atoms with Gasteiger partial charge < -0.3 is 19.7 Å². The molecule has 1 amide bonds. The van der Waals surface area contributed by atoms with Gasteiger partial charge in [0.2, 0.25) is 5.91 Å². The second-order valence-electron chi connectivity index (χ2n) is 6.81. The zero-order valence-corrected chi connectivity index (χ0v) is 18.1. The molecule has 2 N–H and O–H groups in total. The number of benzene rings is 2. The summed E-state index contributed by atoms with van der Waals surface area (Å²) in [7, 11) is 5.56. The van der Waals surface area contributed by atoms with E-state index >= 15 is 0 Å². The highest BCUT2D eigenvalue weighted by Crippen LogP contribution is 2.34. The molecule has 0 aliphatic heterocycles. The maximum absolute atomic E-state index is 11.1. The minimum atomic E-state index is -0.433. The van der Waals surface area contributed by atoms with Crippen LogP contribution in [0.3, 0.4) is 0 Å². The molecule has 0 aliphatic rings. The Kier molecular flexibility index (Phi) is 7.48. The Hall–Kier alpha value is -2.51. The molecule has 0 aliphatic carbocycles. The Bertz CT molecular complexity index is 835. The third-order valence-corrected chi connectivity index (χ3v) is 5.04. The van der Waals surface area contributed by atoms with E-state index in [2.05, 4.69) is 19.9 Å². The van der Waals surface area contributed by atoms with Crippen molar-refractivity contribution in [2.24, 2.45) is 4.99 Å². The summed E-state index contributed by atoms with van der Waals surface area (Å²) >= 11 is 1.60. The van der Waals surface area contributed by atoms with E-state index in [-0.39, 0.29) is 5.91 Å². The van der Waals surface area contributed by atoms with Crippen LogP contribution >= 0.6 is 11.9 Å². The average molecular weight is 401 g/mol. The summed E-state index contributed by atoms with van der Waals surface area (Å²) in [6.45, 7) is 5.43. The van der Waals surface area contributed by atoms with E-state index in [1.54, 1.807) is 25.3 Å². The van der Waals surface area contributed by atoms with Crippen LogP contribution in [0.5, 0.6) is 0 Å². The van der Waals surface area contributed by atoms with Crippen molar-refractivity contribution in [2.45, 2.75) is 31.3 Å². The third-order valence-electron chi connectivity index (χ3n) is 4.07. The van der Waals surface area contributed by atoms with Crippen molar-refractivity contribution in [1.82, 2.24) is 0 Å². The molecule has 0 saturated heterocycles. The first kappa shape index (κ1) is 21.8. The Morgan fingerprint density at radius 3 is 2.46 bits per heavy atom. The molecule has 0 unspecified atom stereocenters. The fourth-order valence-corrected chi connectivity index (χ4v) is 3.12. The molecule has 0 bridgehead atoms. The number of carbonyl (C=O) groups excluding carboxylic acids is 1. The minimum absolute atomic E-state index is 0.0770. The molecule has 28 heavy (non-hydrogen) atoms. The van der Waals surface area contributed by atoms with Gasteiger partial charge in [0.05, 0.1) is 17.0 Å². The number of carbonyl (C=O) groups is 1. The van der Waals surface area contributed by atoms with Gasteiger partial charge in [0.25, 0.3) is 0 Å². The number of rotatable bonds is 8. The van der Waals surface area contributed by atoms with Crippen molar-refractivity contribution in [3.8, 4) is 0 Å². The maximum atomic E-state index is 11.1. The van der Waals surface area contributed by atoms with E-state index < -0.39 is 5.60 Å². The van der Waals surface area contributed by atoms with Gasteiger partial charge >= 0.3 is 0 Å². The third kappa shape index (κ3) is 6.28. The summed E-state index contributed by atoms with van der Waals surface area (Å²) < 4.78 is 7.49. The zero-order valence-electron chi connectivity index (χ0n) is 17.2. The molecule has 2 aromatic rings. The van der Waals surface area contributed by atoms with E-state index in [0.717, 1.165) is 27.6 Å². The SMILES string of the molecule is CNc1ccc(N(C)Sc2ccc(NC(C)=O)cc2)cc1N=CC(C)(C)OC. The fourth-order valence-electron chi connectivity index (χ4n) is 2.33. The predicted molar refractivity (Wildman–Crippen MR) is 120 cm³/mol. The van der Waals surface area contributed by atoms with Crippen LogP contribution in [0.15, 0.2) is 52.4 Å². The van der Waals surface area contributed by atoms with Gasteiger partial charge in [-0.1, -0.05) is 0 Å². The van der Waals surface area contributed by atoms with Crippen LogP contribution in [0.1, 0.15) is 20.8 Å².